The van der Waals surface area contributed by atoms with Gasteiger partial charge in [-0.2, -0.15) is 13.7 Å². The monoisotopic (exact) mass is 265 g/mol. The first-order valence-electron chi connectivity index (χ1n) is 5.89. The van der Waals surface area contributed by atoms with Crippen LogP contribution >= 0.6 is 0 Å². The highest BCUT2D eigenvalue weighted by molar-refractivity contribution is 7.85. The second-order valence-corrected chi connectivity index (χ2v) is 6.27. The lowest BCUT2D eigenvalue weighted by Crippen LogP contribution is -2.21. The van der Waals surface area contributed by atoms with Crippen molar-refractivity contribution >= 4 is 10.1 Å². The molecule has 1 saturated carbocycles. The topological polar surface area (TPSA) is 78.2 Å². The van der Waals surface area contributed by atoms with Crippen LogP contribution in [0, 0.1) is 18.3 Å². The molecule has 0 spiro atoms. The predicted molar refractivity (Wildman–Crippen MR) is 66.8 cm³/mol. The third kappa shape index (κ3) is 2.14. The average Bonchev–Trinajstić information content (AvgIpc) is 2.77. The Kier molecular flexibility index (Phi) is 3.18. The highest BCUT2D eigenvalue weighted by Crippen LogP contribution is 2.42. The van der Waals surface area contributed by atoms with Crippen molar-refractivity contribution in [3.63, 3.8) is 0 Å². The molecule has 5 heteroatoms. The van der Waals surface area contributed by atoms with Crippen molar-refractivity contribution < 1.29 is 13.0 Å². The van der Waals surface area contributed by atoms with Crippen molar-refractivity contribution in [1.82, 2.24) is 0 Å². The highest BCUT2D eigenvalue weighted by Gasteiger charge is 2.37. The lowest BCUT2D eigenvalue weighted by Gasteiger charge is -2.23. The molecular formula is C13H15NO3S. The summed E-state index contributed by atoms with van der Waals surface area (Å²) in [6.07, 6.45) is 3.45. The predicted octanol–water partition coefficient (Wildman–Crippen LogP) is 2.58. The molecule has 0 saturated heterocycles. The Morgan fingerprint density at radius 2 is 1.94 bits per heavy atom. The third-order valence-electron chi connectivity index (χ3n) is 3.69. The Hall–Kier alpha value is -1.38. The van der Waals surface area contributed by atoms with E-state index in [9.17, 15) is 13.7 Å². The first kappa shape index (κ1) is 13.1. The van der Waals surface area contributed by atoms with Gasteiger partial charge in [0.25, 0.3) is 10.1 Å². The van der Waals surface area contributed by atoms with Gasteiger partial charge < -0.3 is 0 Å². The molecule has 2 rings (SSSR count). The average molecular weight is 265 g/mol. The van der Waals surface area contributed by atoms with Gasteiger partial charge >= 0.3 is 0 Å². The number of hydrogen-bond acceptors (Lipinski definition) is 3. The maximum absolute atomic E-state index is 11.2. The summed E-state index contributed by atoms with van der Waals surface area (Å²) in [7, 11) is -4.22. The summed E-state index contributed by atoms with van der Waals surface area (Å²) >= 11 is 0. The summed E-state index contributed by atoms with van der Waals surface area (Å²) in [6, 6.07) is 6.80. The highest BCUT2D eigenvalue weighted by atomic mass is 32.2. The fourth-order valence-corrected chi connectivity index (χ4v) is 3.20. The molecule has 0 aliphatic heterocycles. The molecule has 96 valence electrons. The first-order chi connectivity index (χ1) is 8.39. The van der Waals surface area contributed by atoms with Gasteiger partial charge in [0.1, 0.15) is 0 Å². The molecule has 1 aliphatic rings. The van der Waals surface area contributed by atoms with E-state index >= 15 is 0 Å². The number of benzene rings is 1. The number of hydrogen-bond donors (Lipinski definition) is 1. The molecule has 1 aliphatic carbocycles. The van der Waals surface area contributed by atoms with Crippen molar-refractivity contribution in [3.05, 3.63) is 29.3 Å². The molecule has 0 aromatic heterocycles. The van der Waals surface area contributed by atoms with E-state index in [4.69, 9.17) is 4.55 Å². The van der Waals surface area contributed by atoms with E-state index in [1.165, 1.54) is 12.1 Å². The molecule has 1 N–H and O–H groups in total. The largest absolute Gasteiger partial charge is 0.294 e. The molecule has 0 heterocycles. The van der Waals surface area contributed by atoms with Gasteiger partial charge in [-0.3, -0.25) is 4.55 Å². The van der Waals surface area contributed by atoms with Gasteiger partial charge in [-0.05, 0) is 43.0 Å². The summed E-state index contributed by atoms with van der Waals surface area (Å²) < 4.78 is 31.4. The maximum Gasteiger partial charge on any atom is 0.294 e. The molecular weight excluding hydrogens is 250 g/mol. The van der Waals surface area contributed by atoms with Crippen molar-refractivity contribution in [2.24, 2.45) is 0 Å². The standard InChI is InChI=1S/C13H15NO3S/c1-10-4-5-11(18(15,16)17)8-12(10)13(9-14)6-2-3-7-13/h4-5,8H,2-3,6-7H2,1H3,(H,15,16,17). The lowest BCUT2D eigenvalue weighted by molar-refractivity contribution is 0.482. The van der Waals surface area contributed by atoms with Crippen molar-refractivity contribution in [3.8, 4) is 6.07 Å². The summed E-state index contributed by atoms with van der Waals surface area (Å²) in [4.78, 5) is -0.135. The van der Waals surface area contributed by atoms with Crippen LogP contribution in [0.25, 0.3) is 0 Å². The van der Waals surface area contributed by atoms with E-state index in [0.717, 1.165) is 36.8 Å². The Labute approximate surface area is 107 Å². The number of aryl methyl sites for hydroxylation is 1. The fourth-order valence-electron chi connectivity index (χ4n) is 2.70. The Balaban J connectivity index is 2.61. The molecule has 0 bridgehead atoms. The SMILES string of the molecule is Cc1ccc(S(=O)(=O)O)cc1C1(C#N)CCCC1. The zero-order valence-electron chi connectivity index (χ0n) is 10.2. The van der Waals surface area contributed by atoms with Crippen LogP contribution in [0.2, 0.25) is 0 Å². The first-order valence-corrected chi connectivity index (χ1v) is 7.33. The van der Waals surface area contributed by atoms with Crippen molar-refractivity contribution in [1.29, 1.82) is 5.26 Å². The van der Waals surface area contributed by atoms with Crippen LogP contribution in [-0.2, 0) is 15.5 Å². The second-order valence-electron chi connectivity index (χ2n) is 4.85. The molecule has 0 amide bonds. The van der Waals surface area contributed by atoms with Gasteiger partial charge in [0.05, 0.1) is 16.4 Å². The van der Waals surface area contributed by atoms with Crippen LogP contribution in [0.15, 0.2) is 23.1 Å². The van der Waals surface area contributed by atoms with Crippen molar-refractivity contribution in [2.75, 3.05) is 0 Å². The van der Waals surface area contributed by atoms with E-state index in [1.54, 1.807) is 6.07 Å². The summed E-state index contributed by atoms with van der Waals surface area (Å²) in [5.74, 6) is 0. The summed E-state index contributed by atoms with van der Waals surface area (Å²) in [6.45, 7) is 1.86. The van der Waals surface area contributed by atoms with E-state index < -0.39 is 15.5 Å². The second kappa shape index (κ2) is 4.38. The van der Waals surface area contributed by atoms with Crippen LogP contribution in [0.4, 0.5) is 0 Å². The fraction of sp³-hybridized carbons (Fsp3) is 0.462. The van der Waals surface area contributed by atoms with Gasteiger partial charge in [0, 0.05) is 0 Å². The molecule has 0 radical (unpaired) electrons. The van der Waals surface area contributed by atoms with Crippen LogP contribution in [0.3, 0.4) is 0 Å². The smallest absolute Gasteiger partial charge is 0.282 e. The van der Waals surface area contributed by atoms with E-state index in [-0.39, 0.29) is 4.90 Å². The third-order valence-corrected chi connectivity index (χ3v) is 4.54. The molecule has 1 aromatic rings. The van der Waals surface area contributed by atoms with Gasteiger partial charge in [-0.15, -0.1) is 0 Å². The zero-order chi connectivity index (χ0) is 13.4. The van der Waals surface area contributed by atoms with Gasteiger partial charge in [-0.1, -0.05) is 18.9 Å². The van der Waals surface area contributed by atoms with Crippen LogP contribution in [0.5, 0.6) is 0 Å². The van der Waals surface area contributed by atoms with Gasteiger partial charge in [0.2, 0.25) is 0 Å². The quantitative estimate of drug-likeness (QED) is 0.834. The lowest BCUT2D eigenvalue weighted by atomic mass is 9.78. The molecule has 0 unspecified atom stereocenters. The summed E-state index contributed by atoms with van der Waals surface area (Å²) in [5.41, 5.74) is 1.04. The minimum absolute atomic E-state index is 0.135. The molecule has 0 atom stereocenters. The molecule has 1 fully saturated rings. The molecule has 4 nitrogen and oxygen atoms in total. The van der Waals surface area contributed by atoms with E-state index in [2.05, 4.69) is 6.07 Å². The Bertz CT molecular complexity index is 608. The van der Waals surface area contributed by atoms with E-state index in [0.29, 0.717) is 0 Å². The van der Waals surface area contributed by atoms with E-state index in [1.807, 2.05) is 6.92 Å². The van der Waals surface area contributed by atoms with Crippen LogP contribution in [-0.4, -0.2) is 13.0 Å². The van der Waals surface area contributed by atoms with Gasteiger partial charge in [0.15, 0.2) is 0 Å². The summed E-state index contributed by atoms with van der Waals surface area (Å²) in [5, 5.41) is 9.43. The van der Waals surface area contributed by atoms with Crippen LogP contribution in [0.1, 0.15) is 36.8 Å². The number of nitriles is 1. The Morgan fingerprint density at radius 1 is 1.33 bits per heavy atom. The van der Waals surface area contributed by atoms with Crippen LogP contribution < -0.4 is 0 Å². The molecule has 1 aromatic carbocycles. The number of nitrogens with zero attached hydrogens (tertiary/aromatic N) is 1. The normalized spacial score (nSPS) is 18.5. The maximum atomic E-state index is 11.2. The van der Waals surface area contributed by atoms with Gasteiger partial charge in [-0.25, -0.2) is 0 Å². The minimum Gasteiger partial charge on any atom is -0.282 e. The minimum atomic E-state index is -4.22. The molecule has 18 heavy (non-hydrogen) atoms. The Morgan fingerprint density at radius 3 is 2.44 bits per heavy atom. The van der Waals surface area contributed by atoms with Crippen molar-refractivity contribution in [2.45, 2.75) is 42.9 Å². The number of rotatable bonds is 2. The zero-order valence-corrected chi connectivity index (χ0v) is 11.0.